The molecule has 3 aromatic rings. The van der Waals surface area contributed by atoms with E-state index in [1.54, 1.807) is 0 Å². The summed E-state index contributed by atoms with van der Waals surface area (Å²) in [6.45, 7) is 0.571. The Morgan fingerprint density at radius 2 is 1.44 bits per heavy atom. The van der Waals surface area contributed by atoms with E-state index in [0.717, 1.165) is 0 Å². The second-order valence-electron chi connectivity index (χ2n) is 4.43. The summed E-state index contributed by atoms with van der Waals surface area (Å²) in [5.41, 5.74) is 9.53. The first-order valence-corrected chi connectivity index (χ1v) is 6.15. The Kier molecular flexibility index (Phi) is 2.83. The van der Waals surface area contributed by atoms with Gasteiger partial charge in [-0.05, 0) is 39.6 Å². The normalized spacial score (nSPS) is 10.7. The minimum absolute atomic E-state index is 0.571. The summed E-state index contributed by atoms with van der Waals surface area (Å²) in [6.07, 6.45) is 0. The maximum Gasteiger partial charge on any atom is 0.0184 e. The molecule has 0 radical (unpaired) electrons. The maximum atomic E-state index is 5.86. The van der Waals surface area contributed by atoms with Crippen molar-refractivity contribution in [1.29, 1.82) is 0 Å². The number of rotatable bonds is 2. The molecule has 0 bridgehead atoms. The molecule has 2 N–H and O–H groups in total. The fraction of sp³-hybridized carbons (Fsp3) is 0.0588. The van der Waals surface area contributed by atoms with Gasteiger partial charge in [0.2, 0.25) is 0 Å². The standard InChI is InChI=1S/C17H15N/c18-12-16-11-15(13-6-2-1-3-7-13)10-14-8-4-5-9-17(14)16/h1-11H,12,18H2. The van der Waals surface area contributed by atoms with Gasteiger partial charge in [0.15, 0.2) is 0 Å². The van der Waals surface area contributed by atoms with Gasteiger partial charge in [-0.2, -0.15) is 0 Å². The molecule has 0 aromatic heterocycles. The molecule has 3 aromatic carbocycles. The fourth-order valence-corrected chi connectivity index (χ4v) is 2.36. The van der Waals surface area contributed by atoms with Crippen LogP contribution < -0.4 is 5.73 Å². The van der Waals surface area contributed by atoms with E-state index in [-0.39, 0.29) is 0 Å². The predicted octanol–water partition coefficient (Wildman–Crippen LogP) is 3.97. The van der Waals surface area contributed by atoms with Crippen LogP contribution in [0, 0.1) is 0 Å². The van der Waals surface area contributed by atoms with Gasteiger partial charge in [0.25, 0.3) is 0 Å². The van der Waals surface area contributed by atoms with E-state index < -0.39 is 0 Å². The third-order valence-electron chi connectivity index (χ3n) is 3.27. The van der Waals surface area contributed by atoms with Crippen molar-refractivity contribution < 1.29 is 0 Å². The second kappa shape index (κ2) is 4.63. The van der Waals surface area contributed by atoms with Crippen molar-refractivity contribution in [3.8, 4) is 11.1 Å². The van der Waals surface area contributed by atoms with Crippen LogP contribution in [0.1, 0.15) is 5.56 Å². The average Bonchev–Trinajstić information content (AvgIpc) is 2.47. The van der Waals surface area contributed by atoms with Crippen LogP contribution >= 0.6 is 0 Å². The molecule has 0 aliphatic heterocycles. The van der Waals surface area contributed by atoms with E-state index in [4.69, 9.17) is 5.73 Å². The molecule has 0 saturated carbocycles. The highest BCUT2D eigenvalue weighted by Gasteiger charge is 2.04. The van der Waals surface area contributed by atoms with Gasteiger partial charge in [-0.25, -0.2) is 0 Å². The van der Waals surface area contributed by atoms with Crippen molar-refractivity contribution >= 4 is 10.8 Å². The van der Waals surface area contributed by atoms with Crippen molar-refractivity contribution in [2.75, 3.05) is 0 Å². The highest BCUT2D eigenvalue weighted by molar-refractivity contribution is 5.90. The molecule has 0 spiro atoms. The van der Waals surface area contributed by atoms with Crippen LogP contribution in [0.4, 0.5) is 0 Å². The lowest BCUT2D eigenvalue weighted by molar-refractivity contribution is 1.09. The molecule has 0 aliphatic carbocycles. The summed E-state index contributed by atoms with van der Waals surface area (Å²) in [5, 5.41) is 2.50. The zero-order valence-corrected chi connectivity index (χ0v) is 10.1. The quantitative estimate of drug-likeness (QED) is 0.712. The minimum atomic E-state index is 0.571. The zero-order chi connectivity index (χ0) is 12.4. The molecule has 3 rings (SSSR count). The first-order chi connectivity index (χ1) is 8.88. The Morgan fingerprint density at radius 3 is 2.22 bits per heavy atom. The van der Waals surface area contributed by atoms with Crippen LogP contribution in [0.3, 0.4) is 0 Å². The lowest BCUT2D eigenvalue weighted by atomic mass is 9.97. The lowest BCUT2D eigenvalue weighted by Gasteiger charge is -2.09. The Balaban J connectivity index is 2.26. The van der Waals surface area contributed by atoms with E-state index >= 15 is 0 Å². The fourth-order valence-electron chi connectivity index (χ4n) is 2.36. The number of benzene rings is 3. The topological polar surface area (TPSA) is 26.0 Å². The third-order valence-corrected chi connectivity index (χ3v) is 3.27. The minimum Gasteiger partial charge on any atom is -0.326 e. The van der Waals surface area contributed by atoms with Crippen LogP contribution in [-0.4, -0.2) is 0 Å². The second-order valence-corrected chi connectivity index (χ2v) is 4.43. The molecule has 0 saturated heterocycles. The molecule has 0 aliphatic rings. The summed E-state index contributed by atoms with van der Waals surface area (Å²) in [6, 6.07) is 23.2. The third kappa shape index (κ3) is 1.89. The zero-order valence-electron chi connectivity index (χ0n) is 10.1. The van der Waals surface area contributed by atoms with Gasteiger partial charge in [-0.3, -0.25) is 0 Å². The maximum absolute atomic E-state index is 5.86. The van der Waals surface area contributed by atoms with E-state index in [1.165, 1.54) is 27.5 Å². The number of hydrogen-bond donors (Lipinski definition) is 1. The van der Waals surface area contributed by atoms with E-state index in [1.807, 2.05) is 6.07 Å². The molecular weight excluding hydrogens is 218 g/mol. The Morgan fingerprint density at radius 1 is 0.722 bits per heavy atom. The highest BCUT2D eigenvalue weighted by atomic mass is 14.5. The van der Waals surface area contributed by atoms with Gasteiger partial charge in [-0.15, -0.1) is 0 Å². The van der Waals surface area contributed by atoms with E-state index in [9.17, 15) is 0 Å². The largest absolute Gasteiger partial charge is 0.326 e. The Labute approximate surface area is 107 Å². The molecule has 0 heterocycles. The van der Waals surface area contributed by atoms with Crippen molar-refractivity contribution in [2.24, 2.45) is 5.73 Å². The van der Waals surface area contributed by atoms with Crippen LogP contribution in [0.15, 0.2) is 66.7 Å². The number of fused-ring (bicyclic) bond motifs is 1. The van der Waals surface area contributed by atoms with E-state index in [2.05, 4.69) is 60.7 Å². The van der Waals surface area contributed by atoms with Gasteiger partial charge in [0.05, 0.1) is 0 Å². The number of nitrogens with two attached hydrogens (primary N) is 1. The predicted molar refractivity (Wildman–Crippen MR) is 77.3 cm³/mol. The van der Waals surface area contributed by atoms with Crippen molar-refractivity contribution in [3.63, 3.8) is 0 Å². The molecular formula is C17H15N. The van der Waals surface area contributed by atoms with E-state index in [0.29, 0.717) is 6.54 Å². The average molecular weight is 233 g/mol. The molecule has 0 unspecified atom stereocenters. The molecule has 1 heteroatoms. The molecule has 0 amide bonds. The Hall–Kier alpha value is -2.12. The summed E-state index contributed by atoms with van der Waals surface area (Å²) < 4.78 is 0. The summed E-state index contributed by atoms with van der Waals surface area (Å²) in [4.78, 5) is 0. The summed E-state index contributed by atoms with van der Waals surface area (Å²) in [5.74, 6) is 0. The monoisotopic (exact) mass is 233 g/mol. The van der Waals surface area contributed by atoms with Crippen molar-refractivity contribution in [1.82, 2.24) is 0 Å². The van der Waals surface area contributed by atoms with Gasteiger partial charge < -0.3 is 5.73 Å². The smallest absolute Gasteiger partial charge is 0.0184 e. The van der Waals surface area contributed by atoms with Crippen molar-refractivity contribution in [2.45, 2.75) is 6.54 Å². The first-order valence-electron chi connectivity index (χ1n) is 6.15. The summed E-state index contributed by atoms with van der Waals surface area (Å²) >= 11 is 0. The first kappa shape index (κ1) is 11.0. The molecule has 0 atom stereocenters. The van der Waals surface area contributed by atoms with Crippen molar-refractivity contribution in [3.05, 3.63) is 72.3 Å². The van der Waals surface area contributed by atoms with Gasteiger partial charge in [0, 0.05) is 6.54 Å². The highest BCUT2D eigenvalue weighted by Crippen LogP contribution is 2.27. The molecule has 88 valence electrons. The van der Waals surface area contributed by atoms with Crippen LogP contribution in [0.25, 0.3) is 21.9 Å². The SMILES string of the molecule is NCc1cc(-c2ccccc2)cc2ccccc12. The Bertz CT molecular complexity index is 672. The van der Waals surface area contributed by atoms with Gasteiger partial charge in [0.1, 0.15) is 0 Å². The van der Waals surface area contributed by atoms with Crippen LogP contribution in [-0.2, 0) is 6.54 Å². The number of hydrogen-bond acceptors (Lipinski definition) is 1. The summed E-state index contributed by atoms with van der Waals surface area (Å²) in [7, 11) is 0. The van der Waals surface area contributed by atoms with Crippen LogP contribution in [0.5, 0.6) is 0 Å². The van der Waals surface area contributed by atoms with Gasteiger partial charge >= 0.3 is 0 Å². The molecule has 18 heavy (non-hydrogen) atoms. The molecule has 1 nitrogen and oxygen atoms in total. The van der Waals surface area contributed by atoms with Crippen LogP contribution in [0.2, 0.25) is 0 Å². The molecule has 0 fully saturated rings. The van der Waals surface area contributed by atoms with Gasteiger partial charge in [-0.1, -0.05) is 54.6 Å². The lowest BCUT2D eigenvalue weighted by Crippen LogP contribution is -1.97.